The van der Waals surface area contributed by atoms with Gasteiger partial charge in [-0.3, -0.25) is 0 Å². The number of hydrogen-bond acceptors (Lipinski definition) is 4. The fraction of sp³-hybridized carbons (Fsp3) is 0.625. The largest absolute Gasteiger partial charge is 0.491 e. The number of benzene rings is 1. The van der Waals surface area contributed by atoms with Crippen molar-refractivity contribution in [3.05, 3.63) is 29.3 Å². The number of rotatable bonds is 9. The van der Waals surface area contributed by atoms with Gasteiger partial charge in [0.1, 0.15) is 18.5 Å². The molecule has 0 aromatic heterocycles. The van der Waals surface area contributed by atoms with E-state index in [-0.39, 0.29) is 19.3 Å². The normalized spacial score (nSPS) is 14.1. The van der Waals surface area contributed by atoms with Crippen molar-refractivity contribution in [2.24, 2.45) is 0 Å². The zero-order chi connectivity index (χ0) is 15.0. The molecule has 0 bridgehead atoms. The van der Waals surface area contributed by atoms with Gasteiger partial charge in [-0.15, -0.1) is 0 Å². The van der Waals surface area contributed by atoms with Crippen molar-refractivity contribution in [2.45, 2.75) is 45.8 Å². The molecule has 0 amide bonds. The first-order chi connectivity index (χ1) is 9.52. The first-order valence-electron chi connectivity index (χ1n) is 7.25. The van der Waals surface area contributed by atoms with Crippen molar-refractivity contribution in [3.8, 4) is 5.75 Å². The molecule has 1 aromatic rings. The standard InChI is InChI=1S/C16H27NO3/c1-12-6-7-13(2)16(9-12)20-11-15(19)10-17-14(3)5-4-8-18/h6-7,9,14-15,17-19H,4-5,8,10-11H2,1-3H3. The van der Waals surface area contributed by atoms with Crippen LogP contribution in [0.1, 0.15) is 30.9 Å². The highest BCUT2D eigenvalue weighted by Crippen LogP contribution is 2.19. The topological polar surface area (TPSA) is 61.7 Å². The van der Waals surface area contributed by atoms with Gasteiger partial charge in [0, 0.05) is 19.2 Å². The van der Waals surface area contributed by atoms with Gasteiger partial charge in [-0.05, 0) is 50.8 Å². The van der Waals surface area contributed by atoms with E-state index in [0.717, 1.165) is 29.7 Å². The van der Waals surface area contributed by atoms with Crippen LogP contribution in [0, 0.1) is 13.8 Å². The molecule has 4 nitrogen and oxygen atoms in total. The number of aliphatic hydroxyl groups is 2. The van der Waals surface area contributed by atoms with Crippen LogP contribution in [0.3, 0.4) is 0 Å². The zero-order valence-corrected chi connectivity index (χ0v) is 12.7. The summed E-state index contributed by atoms with van der Waals surface area (Å²) in [7, 11) is 0. The Balaban J connectivity index is 2.29. The summed E-state index contributed by atoms with van der Waals surface area (Å²) < 4.78 is 5.66. The van der Waals surface area contributed by atoms with Crippen molar-refractivity contribution in [2.75, 3.05) is 19.8 Å². The van der Waals surface area contributed by atoms with Crippen LogP contribution >= 0.6 is 0 Å². The molecule has 0 heterocycles. The number of aryl methyl sites for hydroxylation is 2. The van der Waals surface area contributed by atoms with Gasteiger partial charge in [-0.2, -0.15) is 0 Å². The Labute approximate surface area is 121 Å². The molecule has 0 aliphatic carbocycles. The van der Waals surface area contributed by atoms with Gasteiger partial charge in [0.05, 0.1) is 0 Å². The molecule has 4 heteroatoms. The van der Waals surface area contributed by atoms with E-state index >= 15 is 0 Å². The summed E-state index contributed by atoms with van der Waals surface area (Å²) in [5, 5.41) is 21.9. The molecule has 0 saturated heterocycles. The Bertz CT molecular complexity index is 395. The SMILES string of the molecule is Cc1ccc(C)c(OCC(O)CNC(C)CCCO)c1. The molecule has 2 unspecified atom stereocenters. The van der Waals surface area contributed by atoms with Crippen LogP contribution in [0.15, 0.2) is 18.2 Å². The van der Waals surface area contributed by atoms with Crippen LogP contribution in [0.4, 0.5) is 0 Å². The lowest BCUT2D eigenvalue weighted by molar-refractivity contribution is 0.103. The van der Waals surface area contributed by atoms with Crippen molar-refractivity contribution < 1.29 is 14.9 Å². The minimum Gasteiger partial charge on any atom is -0.491 e. The van der Waals surface area contributed by atoms with Crippen molar-refractivity contribution in [1.29, 1.82) is 0 Å². The van der Waals surface area contributed by atoms with E-state index in [1.165, 1.54) is 0 Å². The Kier molecular flexibility index (Phi) is 7.59. The van der Waals surface area contributed by atoms with E-state index in [1.807, 2.05) is 39.0 Å². The Hall–Kier alpha value is -1.10. The van der Waals surface area contributed by atoms with Crippen molar-refractivity contribution >= 4 is 0 Å². The van der Waals surface area contributed by atoms with Crippen LogP contribution in [0.5, 0.6) is 5.75 Å². The van der Waals surface area contributed by atoms with E-state index in [4.69, 9.17) is 9.84 Å². The quantitative estimate of drug-likeness (QED) is 0.646. The maximum atomic E-state index is 9.91. The molecule has 20 heavy (non-hydrogen) atoms. The van der Waals surface area contributed by atoms with Gasteiger partial charge in [0.25, 0.3) is 0 Å². The average molecular weight is 281 g/mol. The van der Waals surface area contributed by atoms with E-state index in [1.54, 1.807) is 0 Å². The molecule has 114 valence electrons. The van der Waals surface area contributed by atoms with Crippen LogP contribution in [0.2, 0.25) is 0 Å². The lowest BCUT2D eigenvalue weighted by Gasteiger charge is -2.18. The van der Waals surface area contributed by atoms with Crippen molar-refractivity contribution in [1.82, 2.24) is 5.32 Å². The molecule has 0 spiro atoms. The summed E-state index contributed by atoms with van der Waals surface area (Å²) in [6.45, 7) is 7.06. The highest BCUT2D eigenvalue weighted by molar-refractivity contribution is 5.35. The van der Waals surface area contributed by atoms with Gasteiger partial charge >= 0.3 is 0 Å². The third-order valence-electron chi connectivity index (χ3n) is 3.27. The smallest absolute Gasteiger partial charge is 0.122 e. The molecule has 3 N–H and O–H groups in total. The minimum atomic E-state index is -0.536. The molecule has 0 aliphatic rings. The van der Waals surface area contributed by atoms with Gasteiger partial charge in [-0.1, -0.05) is 12.1 Å². The molecular weight excluding hydrogens is 254 g/mol. The lowest BCUT2D eigenvalue weighted by atomic mass is 10.1. The second kappa shape index (κ2) is 8.95. The monoisotopic (exact) mass is 281 g/mol. The first-order valence-corrected chi connectivity index (χ1v) is 7.25. The molecule has 1 rings (SSSR count). The Morgan fingerprint density at radius 2 is 2.05 bits per heavy atom. The van der Waals surface area contributed by atoms with Gasteiger partial charge in [0.15, 0.2) is 0 Å². The zero-order valence-electron chi connectivity index (χ0n) is 12.7. The van der Waals surface area contributed by atoms with E-state index < -0.39 is 6.10 Å². The second-order valence-electron chi connectivity index (χ2n) is 5.41. The molecule has 2 atom stereocenters. The molecule has 1 aromatic carbocycles. The third kappa shape index (κ3) is 6.37. The van der Waals surface area contributed by atoms with Gasteiger partial charge < -0.3 is 20.3 Å². The molecule has 0 radical (unpaired) electrons. The summed E-state index contributed by atoms with van der Waals surface area (Å²) in [6.07, 6.45) is 1.15. The second-order valence-corrected chi connectivity index (χ2v) is 5.41. The summed E-state index contributed by atoms with van der Waals surface area (Å²) >= 11 is 0. The van der Waals surface area contributed by atoms with E-state index in [9.17, 15) is 5.11 Å². The lowest BCUT2D eigenvalue weighted by Crippen LogP contribution is -2.36. The summed E-state index contributed by atoms with van der Waals surface area (Å²) in [6, 6.07) is 6.34. The minimum absolute atomic E-state index is 0.213. The number of ether oxygens (including phenoxy) is 1. The predicted molar refractivity (Wildman–Crippen MR) is 81.2 cm³/mol. The van der Waals surface area contributed by atoms with Gasteiger partial charge in [0.2, 0.25) is 0 Å². The van der Waals surface area contributed by atoms with E-state index in [0.29, 0.717) is 6.54 Å². The molecule has 0 fully saturated rings. The maximum absolute atomic E-state index is 9.91. The molecular formula is C16H27NO3. The Morgan fingerprint density at radius 3 is 2.75 bits per heavy atom. The summed E-state index contributed by atoms with van der Waals surface area (Å²) in [4.78, 5) is 0. The highest BCUT2D eigenvalue weighted by Gasteiger charge is 2.09. The molecule has 0 saturated carbocycles. The summed E-state index contributed by atoms with van der Waals surface area (Å²) in [5.74, 6) is 0.831. The van der Waals surface area contributed by atoms with Crippen LogP contribution in [-0.2, 0) is 0 Å². The third-order valence-corrected chi connectivity index (χ3v) is 3.27. The van der Waals surface area contributed by atoms with Gasteiger partial charge in [-0.25, -0.2) is 0 Å². The van der Waals surface area contributed by atoms with Crippen LogP contribution in [-0.4, -0.2) is 42.1 Å². The highest BCUT2D eigenvalue weighted by atomic mass is 16.5. The Morgan fingerprint density at radius 1 is 1.30 bits per heavy atom. The number of nitrogens with one attached hydrogen (secondary N) is 1. The fourth-order valence-corrected chi connectivity index (χ4v) is 1.94. The van der Waals surface area contributed by atoms with Crippen molar-refractivity contribution in [3.63, 3.8) is 0 Å². The number of hydrogen-bond donors (Lipinski definition) is 3. The summed E-state index contributed by atoms with van der Waals surface area (Å²) in [5.41, 5.74) is 2.22. The van der Waals surface area contributed by atoms with E-state index in [2.05, 4.69) is 5.32 Å². The maximum Gasteiger partial charge on any atom is 0.122 e. The fourth-order valence-electron chi connectivity index (χ4n) is 1.94. The number of aliphatic hydroxyl groups excluding tert-OH is 2. The average Bonchev–Trinajstić information content (AvgIpc) is 2.43. The molecule has 0 aliphatic heterocycles. The predicted octanol–water partition coefficient (Wildman–Crippen LogP) is 1.79. The van der Waals surface area contributed by atoms with Crippen LogP contribution in [0.25, 0.3) is 0 Å². The van der Waals surface area contributed by atoms with Crippen LogP contribution < -0.4 is 10.1 Å². The first kappa shape index (κ1) is 17.0.